The Labute approximate surface area is 153 Å². The van der Waals surface area contributed by atoms with E-state index in [0.717, 1.165) is 22.0 Å². The molecule has 0 amide bonds. The molecule has 0 unspecified atom stereocenters. The number of fused-ring (bicyclic) bond motifs is 1. The summed E-state index contributed by atoms with van der Waals surface area (Å²) in [5.74, 6) is -0.109. The molecule has 2 N–H and O–H groups in total. The normalized spacial score (nSPS) is 11.3. The summed E-state index contributed by atoms with van der Waals surface area (Å²) < 4.78 is 13.0. The van der Waals surface area contributed by atoms with Gasteiger partial charge in [-0.05, 0) is 41.1 Å². The molecule has 1 aromatic heterocycles. The van der Waals surface area contributed by atoms with Crippen LogP contribution < -0.4 is 5.43 Å². The second kappa shape index (κ2) is 6.93. The zero-order chi connectivity index (χ0) is 17.9. The smallest absolute Gasteiger partial charge is 0.203 e. The molecule has 0 bridgehead atoms. The van der Waals surface area contributed by atoms with Crippen LogP contribution in [0.4, 0.5) is 9.52 Å². The average molecular weight is 363 g/mol. The van der Waals surface area contributed by atoms with Crippen molar-refractivity contribution in [2.45, 2.75) is 0 Å². The van der Waals surface area contributed by atoms with Gasteiger partial charge < -0.3 is 5.11 Å². The highest BCUT2D eigenvalue weighted by atomic mass is 32.1. The highest BCUT2D eigenvalue weighted by Crippen LogP contribution is 2.27. The molecule has 0 aliphatic carbocycles. The van der Waals surface area contributed by atoms with Gasteiger partial charge in [0.2, 0.25) is 5.13 Å². The summed E-state index contributed by atoms with van der Waals surface area (Å²) in [6.07, 6.45) is 1.58. The fraction of sp³-hybridized carbons (Fsp3) is 0. The number of phenolic OH excluding ortho intramolecular Hbond substituents is 1. The third-order valence-electron chi connectivity index (χ3n) is 3.95. The monoisotopic (exact) mass is 363 g/mol. The Balaban J connectivity index is 1.55. The standard InChI is InChI=1S/C20H14FN3OS/c21-15-8-5-14(6-9-15)18-12-26-20(23-18)24-22-11-17-16-4-2-1-3-13(16)7-10-19(17)25/h1-12,25H,(H,23,24)/b22-11+. The molecule has 1 heterocycles. The quantitative estimate of drug-likeness (QED) is 0.384. The lowest BCUT2D eigenvalue weighted by molar-refractivity contribution is 0.475. The van der Waals surface area contributed by atoms with Crippen molar-refractivity contribution in [2.24, 2.45) is 5.10 Å². The number of phenols is 1. The molecule has 0 spiro atoms. The zero-order valence-corrected chi connectivity index (χ0v) is 14.4. The number of hydrazone groups is 1. The van der Waals surface area contributed by atoms with Gasteiger partial charge in [0.25, 0.3) is 0 Å². The number of aromatic hydroxyl groups is 1. The number of nitrogens with one attached hydrogen (secondary N) is 1. The molecule has 3 aromatic carbocycles. The Hall–Kier alpha value is -3.25. The van der Waals surface area contributed by atoms with Gasteiger partial charge in [-0.3, -0.25) is 5.43 Å². The van der Waals surface area contributed by atoms with Gasteiger partial charge in [0.1, 0.15) is 11.6 Å². The number of nitrogens with zero attached hydrogens (tertiary/aromatic N) is 2. The van der Waals surface area contributed by atoms with Gasteiger partial charge in [0, 0.05) is 16.5 Å². The first-order valence-electron chi connectivity index (χ1n) is 7.92. The lowest BCUT2D eigenvalue weighted by Gasteiger charge is -2.04. The lowest BCUT2D eigenvalue weighted by Crippen LogP contribution is -1.92. The van der Waals surface area contributed by atoms with E-state index < -0.39 is 0 Å². The van der Waals surface area contributed by atoms with Crippen LogP contribution >= 0.6 is 11.3 Å². The van der Waals surface area contributed by atoms with E-state index in [9.17, 15) is 9.50 Å². The van der Waals surface area contributed by atoms with Crippen LogP contribution in [0.5, 0.6) is 5.75 Å². The van der Waals surface area contributed by atoms with Crippen molar-refractivity contribution in [3.8, 4) is 17.0 Å². The molecule has 0 saturated heterocycles. The molecule has 0 fully saturated rings. The minimum Gasteiger partial charge on any atom is -0.507 e. The van der Waals surface area contributed by atoms with E-state index in [1.807, 2.05) is 35.7 Å². The van der Waals surface area contributed by atoms with E-state index >= 15 is 0 Å². The average Bonchev–Trinajstić information content (AvgIpc) is 3.13. The van der Waals surface area contributed by atoms with Crippen molar-refractivity contribution in [1.29, 1.82) is 0 Å². The van der Waals surface area contributed by atoms with Crippen molar-refractivity contribution < 1.29 is 9.50 Å². The summed E-state index contributed by atoms with van der Waals surface area (Å²) in [4.78, 5) is 4.43. The van der Waals surface area contributed by atoms with Crippen LogP contribution in [-0.4, -0.2) is 16.3 Å². The van der Waals surface area contributed by atoms with E-state index in [1.165, 1.54) is 23.5 Å². The molecule has 26 heavy (non-hydrogen) atoms. The van der Waals surface area contributed by atoms with E-state index in [2.05, 4.69) is 15.5 Å². The van der Waals surface area contributed by atoms with Crippen LogP contribution in [0.2, 0.25) is 0 Å². The minimum atomic E-state index is -0.276. The maximum absolute atomic E-state index is 13.0. The summed E-state index contributed by atoms with van der Waals surface area (Å²) in [5, 5.41) is 18.7. The minimum absolute atomic E-state index is 0.167. The summed E-state index contributed by atoms with van der Waals surface area (Å²) in [6.45, 7) is 0. The van der Waals surface area contributed by atoms with Gasteiger partial charge in [-0.15, -0.1) is 11.3 Å². The van der Waals surface area contributed by atoms with Crippen LogP contribution in [-0.2, 0) is 0 Å². The van der Waals surface area contributed by atoms with Crippen LogP contribution in [0.1, 0.15) is 5.56 Å². The molecule has 4 aromatic rings. The topological polar surface area (TPSA) is 57.5 Å². The largest absolute Gasteiger partial charge is 0.507 e. The van der Waals surface area contributed by atoms with Crippen LogP contribution in [0, 0.1) is 5.82 Å². The number of halogens is 1. The number of hydrogen-bond donors (Lipinski definition) is 2. The molecule has 4 nitrogen and oxygen atoms in total. The maximum Gasteiger partial charge on any atom is 0.203 e. The van der Waals surface area contributed by atoms with Gasteiger partial charge in [-0.25, -0.2) is 9.37 Å². The number of hydrogen-bond acceptors (Lipinski definition) is 5. The molecule has 0 radical (unpaired) electrons. The Morgan fingerprint density at radius 1 is 1.04 bits per heavy atom. The first kappa shape index (κ1) is 16.2. The van der Waals surface area contributed by atoms with Gasteiger partial charge in [-0.1, -0.05) is 30.3 Å². The summed E-state index contributed by atoms with van der Waals surface area (Å²) in [6, 6.07) is 17.5. The number of benzene rings is 3. The number of thiazole rings is 1. The fourth-order valence-corrected chi connectivity index (χ4v) is 3.32. The molecule has 0 aliphatic rings. The maximum atomic E-state index is 13.0. The van der Waals surface area contributed by atoms with Crippen molar-refractivity contribution in [3.63, 3.8) is 0 Å². The molecule has 0 atom stereocenters. The molecule has 0 aliphatic heterocycles. The SMILES string of the molecule is Oc1ccc2ccccc2c1/C=N/Nc1nc(-c2ccc(F)cc2)cs1. The lowest BCUT2D eigenvalue weighted by atomic mass is 10.0. The molecule has 6 heteroatoms. The van der Waals surface area contributed by atoms with Gasteiger partial charge in [0.15, 0.2) is 0 Å². The number of anilines is 1. The highest BCUT2D eigenvalue weighted by Gasteiger charge is 2.06. The van der Waals surface area contributed by atoms with Crippen LogP contribution in [0.15, 0.2) is 71.1 Å². The summed E-state index contributed by atoms with van der Waals surface area (Å²) in [7, 11) is 0. The molecular formula is C20H14FN3OS. The molecule has 128 valence electrons. The second-order valence-electron chi connectivity index (χ2n) is 5.63. The van der Waals surface area contributed by atoms with Crippen molar-refractivity contribution in [1.82, 2.24) is 4.98 Å². The van der Waals surface area contributed by atoms with Crippen molar-refractivity contribution >= 4 is 33.5 Å². The van der Waals surface area contributed by atoms with Crippen molar-refractivity contribution in [2.75, 3.05) is 5.43 Å². The third kappa shape index (κ3) is 3.27. The van der Waals surface area contributed by atoms with Gasteiger partial charge in [-0.2, -0.15) is 5.10 Å². The third-order valence-corrected chi connectivity index (χ3v) is 4.69. The molecule has 4 rings (SSSR count). The Morgan fingerprint density at radius 3 is 2.69 bits per heavy atom. The predicted molar refractivity (Wildman–Crippen MR) is 104 cm³/mol. The Bertz CT molecular complexity index is 1090. The van der Waals surface area contributed by atoms with E-state index in [-0.39, 0.29) is 11.6 Å². The van der Waals surface area contributed by atoms with E-state index in [0.29, 0.717) is 10.7 Å². The zero-order valence-electron chi connectivity index (χ0n) is 13.6. The Morgan fingerprint density at radius 2 is 1.85 bits per heavy atom. The highest BCUT2D eigenvalue weighted by molar-refractivity contribution is 7.14. The number of rotatable bonds is 4. The fourth-order valence-electron chi connectivity index (χ4n) is 2.65. The summed E-state index contributed by atoms with van der Waals surface area (Å²) in [5.41, 5.74) is 5.11. The first-order valence-corrected chi connectivity index (χ1v) is 8.80. The van der Waals surface area contributed by atoms with Crippen molar-refractivity contribution in [3.05, 3.63) is 77.4 Å². The summed E-state index contributed by atoms with van der Waals surface area (Å²) >= 11 is 1.40. The number of aromatic nitrogens is 1. The van der Waals surface area contributed by atoms with Crippen LogP contribution in [0.3, 0.4) is 0 Å². The molecule has 0 saturated carbocycles. The van der Waals surface area contributed by atoms with Crippen LogP contribution in [0.25, 0.3) is 22.0 Å². The first-order chi connectivity index (χ1) is 12.7. The van der Waals surface area contributed by atoms with E-state index in [1.54, 1.807) is 24.4 Å². The molecular weight excluding hydrogens is 349 g/mol. The van der Waals surface area contributed by atoms with Gasteiger partial charge >= 0.3 is 0 Å². The second-order valence-corrected chi connectivity index (χ2v) is 6.49. The predicted octanol–water partition coefficient (Wildman–Crippen LogP) is 5.25. The van der Waals surface area contributed by atoms with E-state index in [4.69, 9.17) is 0 Å². The van der Waals surface area contributed by atoms with Gasteiger partial charge in [0.05, 0.1) is 11.9 Å². The Kier molecular flexibility index (Phi) is 4.33.